The quantitative estimate of drug-likeness (QED) is 0.340. The smallest absolute Gasteiger partial charge is 0.344 e. The molecule has 0 N–H and O–H groups in total. The number of hydrogen-bond donors (Lipinski definition) is 0. The maximum atomic E-state index is 13.8. The molecule has 0 heterocycles. The summed E-state index contributed by atoms with van der Waals surface area (Å²) in [7, 11) is -8.06. The average molecular weight is 586 g/mol. The molecule has 0 saturated heterocycles. The van der Waals surface area contributed by atoms with E-state index in [0.29, 0.717) is 18.6 Å². The third-order valence-electron chi connectivity index (χ3n) is 6.18. The Morgan fingerprint density at radius 2 is 1.74 bits per heavy atom. The molecule has 2 aromatic rings. The Morgan fingerprint density at radius 1 is 1.08 bits per heavy atom. The number of esters is 1. The molecule has 2 aromatic carbocycles. The van der Waals surface area contributed by atoms with Crippen LogP contribution in [0.3, 0.4) is 0 Å². The molecule has 0 aliphatic heterocycles. The zero-order valence-electron chi connectivity index (χ0n) is 22.5. The molecule has 3 rings (SSSR count). The van der Waals surface area contributed by atoms with Gasteiger partial charge in [-0.2, -0.15) is 4.31 Å². The van der Waals surface area contributed by atoms with Gasteiger partial charge in [0.15, 0.2) is 16.4 Å². The highest BCUT2D eigenvalue weighted by molar-refractivity contribution is 7.91. The third kappa shape index (κ3) is 7.22. The normalized spacial score (nSPS) is 17.4. The zero-order valence-corrected chi connectivity index (χ0v) is 25.0. The van der Waals surface area contributed by atoms with Gasteiger partial charge in [-0.05, 0) is 75.4 Å². The van der Waals surface area contributed by atoms with Gasteiger partial charge >= 0.3 is 5.97 Å². The molecular formula is C26H35NO8S3. The lowest BCUT2D eigenvalue weighted by Gasteiger charge is -2.29. The van der Waals surface area contributed by atoms with Crippen molar-refractivity contribution in [1.29, 1.82) is 0 Å². The summed E-state index contributed by atoms with van der Waals surface area (Å²) in [4.78, 5) is 11.9. The number of hydrogen-bond acceptors (Lipinski definition) is 8. The van der Waals surface area contributed by atoms with E-state index >= 15 is 0 Å². The van der Waals surface area contributed by atoms with Gasteiger partial charge < -0.3 is 9.47 Å². The van der Waals surface area contributed by atoms with Crippen LogP contribution < -0.4 is 4.74 Å². The van der Waals surface area contributed by atoms with Crippen LogP contribution in [0.2, 0.25) is 0 Å². The van der Waals surface area contributed by atoms with Gasteiger partial charge in [-0.25, -0.2) is 21.6 Å². The van der Waals surface area contributed by atoms with Gasteiger partial charge in [-0.1, -0.05) is 18.6 Å². The minimum atomic E-state index is -4.18. The number of sulfone groups is 1. The fraction of sp³-hybridized carbons (Fsp3) is 0.500. The Hall–Kier alpha value is -2.28. The van der Waals surface area contributed by atoms with Crippen molar-refractivity contribution in [2.75, 3.05) is 26.2 Å². The first-order valence-corrected chi connectivity index (χ1v) is 17.0. The molecule has 0 saturated carbocycles. The van der Waals surface area contributed by atoms with E-state index in [2.05, 4.69) is 0 Å². The first-order valence-electron chi connectivity index (χ1n) is 12.1. The SMILES string of the molecule is CN(C1CCCCc2c(OCC(=O)OC(C)(C)C)cccc21)S(=O)(=O)c1cc(S(C)=O)cc(S(C)(=O)=O)c1. The fourth-order valence-corrected chi connectivity index (χ4v) is 7.32. The fourth-order valence-electron chi connectivity index (χ4n) is 4.39. The van der Waals surface area contributed by atoms with E-state index < -0.39 is 48.3 Å². The number of fused-ring (bicyclic) bond motifs is 1. The van der Waals surface area contributed by atoms with Crippen molar-refractivity contribution in [1.82, 2.24) is 4.31 Å². The molecule has 9 nitrogen and oxygen atoms in total. The van der Waals surface area contributed by atoms with E-state index in [1.165, 1.54) is 29.7 Å². The summed E-state index contributed by atoms with van der Waals surface area (Å²) >= 11 is 0. The van der Waals surface area contributed by atoms with Crippen molar-refractivity contribution in [2.24, 2.45) is 0 Å². The van der Waals surface area contributed by atoms with Crippen LogP contribution in [-0.4, -0.2) is 63.1 Å². The molecule has 2 unspecified atom stereocenters. The van der Waals surface area contributed by atoms with Crippen LogP contribution in [0.25, 0.3) is 0 Å². The van der Waals surface area contributed by atoms with Gasteiger partial charge in [0, 0.05) is 35.3 Å². The van der Waals surface area contributed by atoms with Crippen molar-refractivity contribution in [3.05, 3.63) is 47.5 Å². The summed E-state index contributed by atoms with van der Waals surface area (Å²) in [5.74, 6) is -0.0105. The monoisotopic (exact) mass is 585 g/mol. The summed E-state index contributed by atoms with van der Waals surface area (Å²) < 4.78 is 76.6. The molecule has 0 radical (unpaired) electrons. The Bertz CT molecular complexity index is 1440. The number of rotatable bonds is 8. The molecule has 1 aliphatic carbocycles. The van der Waals surface area contributed by atoms with Crippen molar-refractivity contribution < 1.29 is 35.3 Å². The first kappa shape index (κ1) is 30.3. The number of ether oxygens (including phenoxy) is 2. The van der Waals surface area contributed by atoms with Crippen molar-refractivity contribution >= 4 is 36.6 Å². The largest absolute Gasteiger partial charge is 0.482 e. The molecule has 2 atom stereocenters. The van der Waals surface area contributed by atoms with E-state index in [0.717, 1.165) is 36.3 Å². The van der Waals surface area contributed by atoms with Crippen LogP contribution in [-0.2, 0) is 46.6 Å². The Morgan fingerprint density at radius 3 is 2.34 bits per heavy atom. The van der Waals surface area contributed by atoms with Gasteiger partial charge in [-0.15, -0.1) is 0 Å². The topological polar surface area (TPSA) is 124 Å². The molecule has 0 bridgehead atoms. The van der Waals surface area contributed by atoms with Crippen LogP contribution in [0.1, 0.15) is 57.2 Å². The number of nitrogens with zero attached hydrogens (tertiary/aromatic N) is 1. The lowest BCUT2D eigenvalue weighted by molar-refractivity contribution is -0.157. The second-order valence-corrected chi connectivity index (χ2v) is 15.7. The predicted molar refractivity (Wildman–Crippen MR) is 145 cm³/mol. The van der Waals surface area contributed by atoms with Crippen LogP contribution >= 0.6 is 0 Å². The van der Waals surface area contributed by atoms with E-state index in [9.17, 15) is 25.8 Å². The average Bonchev–Trinajstić information content (AvgIpc) is 3.03. The lowest BCUT2D eigenvalue weighted by Crippen LogP contribution is -2.32. The van der Waals surface area contributed by atoms with Crippen LogP contribution in [0, 0.1) is 0 Å². The number of benzene rings is 2. The molecule has 0 amide bonds. The first-order chi connectivity index (χ1) is 17.5. The maximum absolute atomic E-state index is 13.8. The minimum Gasteiger partial charge on any atom is -0.482 e. The Kier molecular flexibility index (Phi) is 9.12. The van der Waals surface area contributed by atoms with Gasteiger partial charge in [0.1, 0.15) is 11.4 Å². The Labute approximate surface area is 228 Å². The summed E-state index contributed by atoms with van der Waals surface area (Å²) in [5, 5.41) is 0. The molecule has 210 valence electrons. The summed E-state index contributed by atoms with van der Waals surface area (Å²) in [6.07, 6.45) is 5.07. The molecule has 0 fully saturated rings. The maximum Gasteiger partial charge on any atom is 0.344 e. The lowest BCUT2D eigenvalue weighted by atomic mass is 9.98. The Balaban J connectivity index is 2.00. The van der Waals surface area contributed by atoms with Crippen LogP contribution in [0.5, 0.6) is 5.75 Å². The molecule has 12 heteroatoms. The van der Waals surface area contributed by atoms with E-state index in [1.807, 2.05) is 6.07 Å². The minimum absolute atomic E-state index is 0.110. The number of sulfonamides is 1. The van der Waals surface area contributed by atoms with Crippen LogP contribution in [0.4, 0.5) is 0 Å². The molecular weight excluding hydrogens is 550 g/mol. The summed E-state index contributed by atoms with van der Waals surface area (Å²) in [6, 6.07) is 8.39. The highest BCUT2D eigenvalue weighted by atomic mass is 32.2. The molecule has 0 spiro atoms. The van der Waals surface area contributed by atoms with E-state index in [-0.39, 0.29) is 21.3 Å². The second kappa shape index (κ2) is 11.4. The summed E-state index contributed by atoms with van der Waals surface area (Å²) in [6.45, 7) is 5.04. The zero-order chi connectivity index (χ0) is 28.5. The predicted octanol–water partition coefficient (Wildman–Crippen LogP) is 3.64. The van der Waals surface area contributed by atoms with Gasteiger partial charge in [0.2, 0.25) is 10.0 Å². The van der Waals surface area contributed by atoms with Gasteiger partial charge in [-0.3, -0.25) is 4.21 Å². The second-order valence-electron chi connectivity index (χ2n) is 10.3. The highest BCUT2D eigenvalue weighted by Crippen LogP contribution is 2.39. The summed E-state index contributed by atoms with van der Waals surface area (Å²) in [5.41, 5.74) is 0.934. The third-order valence-corrected chi connectivity index (χ3v) is 10.0. The van der Waals surface area contributed by atoms with E-state index in [4.69, 9.17) is 9.47 Å². The number of carbonyl (C=O) groups is 1. The van der Waals surface area contributed by atoms with Crippen molar-refractivity contribution in [3.8, 4) is 5.75 Å². The van der Waals surface area contributed by atoms with Crippen molar-refractivity contribution in [2.45, 2.75) is 72.8 Å². The number of carbonyl (C=O) groups excluding carboxylic acids is 1. The van der Waals surface area contributed by atoms with Crippen LogP contribution in [0.15, 0.2) is 51.1 Å². The highest BCUT2D eigenvalue weighted by Gasteiger charge is 2.33. The standard InChI is InChI=1S/C26H35NO8S3/c1-26(2,3)35-25(28)17-34-24-13-9-11-21-22(24)10-7-8-12-23(21)27(4)38(32,33)20-15-18(36(5)29)14-19(16-20)37(6,30)31/h9,11,13-16,23H,7-8,10,12,17H2,1-6H3. The van der Waals surface area contributed by atoms with Crippen molar-refractivity contribution in [3.63, 3.8) is 0 Å². The van der Waals surface area contributed by atoms with E-state index in [1.54, 1.807) is 32.9 Å². The molecule has 0 aromatic heterocycles. The molecule has 38 heavy (non-hydrogen) atoms. The molecule has 1 aliphatic rings. The van der Waals surface area contributed by atoms with Gasteiger partial charge in [0.25, 0.3) is 0 Å². The van der Waals surface area contributed by atoms with Gasteiger partial charge in [0.05, 0.1) is 15.8 Å².